The van der Waals surface area contributed by atoms with Gasteiger partial charge in [-0.15, -0.1) is 0 Å². The fourth-order valence-electron chi connectivity index (χ4n) is 3.92. The molecule has 0 unspecified atom stereocenters. The van der Waals surface area contributed by atoms with E-state index in [2.05, 4.69) is 37.4 Å². The molecule has 0 aliphatic rings. The highest BCUT2D eigenvalue weighted by molar-refractivity contribution is 7.99. The van der Waals surface area contributed by atoms with Crippen LogP contribution in [0.25, 0.3) is 0 Å². The predicted octanol–water partition coefficient (Wildman–Crippen LogP) is 8.38. The van der Waals surface area contributed by atoms with E-state index in [1.54, 1.807) is 47.8 Å². The molecule has 0 fully saturated rings. The van der Waals surface area contributed by atoms with Crippen molar-refractivity contribution in [1.29, 1.82) is 0 Å². The smallest absolute Gasteiger partial charge is 0.330 e. The molecule has 0 bridgehead atoms. The first-order chi connectivity index (χ1) is 22.3. The molecule has 0 heterocycles. The number of hydrogen-bond donors (Lipinski definition) is 0. The number of unbranched alkanes of at least 4 members (excludes halogenated alkanes) is 4. The maximum atomic E-state index is 12.1. The highest BCUT2D eigenvalue weighted by atomic mass is 32.2. The Hall–Kier alpha value is -4.28. The summed E-state index contributed by atoms with van der Waals surface area (Å²) >= 11 is 3.22. The maximum Gasteiger partial charge on any atom is 0.330 e. The van der Waals surface area contributed by atoms with Crippen molar-refractivity contribution in [2.24, 2.45) is 0 Å². The van der Waals surface area contributed by atoms with Gasteiger partial charge in [-0.25, -0.2) is 9.59 Å². The van der Waals surface area contributed by atoms with E-state index in [0.717, 1.165) is 44.6 Å². The lowest BCUT2D eigenvalue weighted by Gasteiger charge is -2.08. The minimum atomic E-state index is -0.439. The average molecular weight is 663 g/mol. The van der Waals surface area contributed by atoms with Crippen LogP contribution in [0, 0.1) is 0 Å². The Morgan fingerprint density at radius 1 is 0.500 bits per heavy atom. The van der Waals surface area contributed by atoms with E-state index in [0.29, 0.717) is 63.2 Å². The molecule has 0 amide bonds. The molecule has 0 N–H and O–H groups in total. The lowest BCUT2D eigenvalue weighted by Crippen LogP contribution is -2.08. The van der Waals surface area contributed by atoms with E-state index in [1.807, 2.05) is 24.3 Å². The zero-order chi connectivity index (χ0) is 33.0. The largest absolute Gasteiger partial charge is 0.463 e. The normalized spacial score (nSPS) is 10.4. The van der Waals surface area contributed by atoms with Gasteiger partial charge < -0.3 is 18.9 Å². The molecule has 0 radical (unpaired) electrons. The van der Waals surface area contributed by atoms with Gasteiger partial charge in [-0.05, 0) is 111 Å². The molecule has 0 aromatic heterocycles. The van der Waals surface area contributed by atoms with Gasteiger partial charge in [0.25, 0.3) is 0 Å². The minimum Gasteiger partial charge on any atom is -0.463 e. The predicted molar refractivity (Wildman–Crippen MR) is 178 cm³/mol. The number of benzene rings is 3. The fourth-order valence-corrected chi connectivity index (χ4v) is 5.56. The molecule has 0 aliphatic heterocycles. The topological polar surface area (TPSA) is 105 Å². The van der Waals surface area contributed by atoms with Crippen molar-refractivity contribution in [2.75, 3.05) is 13.2 Å². The summed E-state index contributed by atoms with van der Waals surface area (Å²) in [5.74, 6) is -0.454. The van der Waals surface area contributed by atoms with E-state index in [-0.39, 0.29) is 11.9 Å². The number of esters is 4. The fraction of sp³-hybridized carbons (Fsp3) is 0.278. The first kappa shape index (κ1) is 36.2. The summed E-state index contributed by atoms with van der Waals surface area (Å²) in [6.07, 6.45) is 7.08. The molecule has 3 aromatic carbocycles. The first-order valence-corrected chi connectivity index (χ1v) is 16.6. The van der Waals surface area contributed by atoms with Crippen LogP contribution in [-0.4, -0.2) is 37.1 Å². The third-order valence-electron chi connectivity index (χ3n) is 6.28. The third kappa shape index (κ3) is 14.7. The average Bonchev–Trinajstić information content (AvgIpc) is 3.06. The highest BCUT2D eigenvalue weighted by Crippen LogP contribution is 2.33. The lowest BCUT2D eigenvalue weighted by molar-refractivity contribution is -0.138. The van der Waals surface area contributed by atoms with Crippen molar-refractivity contribution >= 4 is 47.4 Å². The van der Waals surface area contributed by atoms with Crippen LogP contribution in [0.1, 0.15) is 51.4 Å². The molecule has 46 heavy (non-hydrogen) atoms. The van der Waals surface area contributed by atoms with Gasteiger partial charge in [0.2, 0.25) is 0 Å². The van der Waals surface area contributed by atoms with Gasteiger partial charge in [0, 0.05) is 44.6 Å². The Morgan fingerprint density at radius 2 is 0.826 bits per heavy atom. The van der Waals surface area contributed by atoms with Crippen LogP contribution in [0.15, 0.2) is 118 Å². The summed E-state index contributed by atoms with van der Waals surface area (Å²) in [6.45, 7) is 7.33. The molecule has 0 atom stereocenters. The molecule has 0 aliphatic carbocycles. The summed E-state index contributed by atoms with van der Waals surface area (Å²) in [6, 6.07) is 23.0. The maximum absolute atomic E-state index is 12.1. The van der Waals surface area contributed by atoms with Gasteiger partial charge in [-0.3, -0.25) is 9.59 Å². The zero-order valence-electron chi connectivity index (χ0n) is 25.7. The van der Waals surface area contributed by atoms with Crippen LogP contribution >= 0.6 is 23.5 Å². The zero-order valence-corrected chi connectivity index (χ0v) is 27.3. The Kier molecular flexibility index (Phi) is 16.3. The van der Waals surface area contributed by atoms with Crippen LogP contribution in [-0.2, 0) is 28.7 Å². The van der Waals surface area contributed by atoms with Crippen LogP contribution in [0.4, 0.5) is 0 Å². The van der Waals surface area contributed by atoms with E-state index in [1.165, 1.54) is 0 Å². The Labute approximate surface area is 278 Å². The lowest BCUT2D eigenvalue weighted by atomic mass is 10.2. The number of carbonyl (C=O) groups is 4. The van der Waals surface area contributed by atoms with Gasteiger partial charge >= 0.3 is 23.9 Å². The third-order valence-corrected chi connectivity index (χ3v) is 8.31. The van der Waals surface area contributed by atoms with Gasteiger partial charge in [0.05, 0.1) is 13.2 Å². The summed E-state index contributed by atoms with van der Waals surface area (Å²) in [5.41, 5.74) is 0. The molecule has 3 rings (SSSR count). The molecular weight excluding hydrogens is 625 g/mol. The van der Waals surface area contributed by atoms with Gasteiger partial charge in [-0.2, -0.15) is 0 Å². The SMILES string of the molecule is C=CC(=O)OCCCCCC(=O)Oc1ccc(Sc2ccc(Sc3ccc(OC(=O)CCCCCOC(=O)C=C)cc3)cc2)cc1. The molecule has 0 spiro atoms. The van der Waals surface area contributed by atoms with E-state index >= 15 is 0 Å². The summed E-state index contributed by atoms with van der Waals surface area (Å²) < 4.78 is 20.7. The van der Waals surface area contributed by atoms with Crippen molar-refractivity contribution in [3.8, 4) is 11.5 Å². The monoisotopic (exact) mass is 662 g/mol. The summed E-state index contributed by atoms with van der Waals surface area (Å²) in [5, 5.41) is 0. The Balaban J connectivity index is 1.34. The standard InChI is InChI=1S/C36H38O8S2/c1-3-33(37)41-25-9-5-7-11-35(39)43-27-13-17-29(18-14-27)45-31-21-23-32(24-22-31)46-30-19-15-28(16-20-30)44-36(40)12-8-6-10-26-42-34(38)4-2/h3-4,13-24H,1-2,5-12,25-26H2. The van der Waals surface area contributed by atoms with Crippen LogP contribution in [0.5, 0.6) is 11.5 Å². The molecule has 8 nitrogen and oxygen atoms in total. The van der Waals surface area contributed by atoms with E-state index < -0.39 is 11.9 Å². The second-order valence-electron chi connectivity index (χ2n) is 9.93. The second-order valence-corrected chi connectivity index (χ2v) is 12.2. The number of ether oxygens (including phenoxy) is 4. The molecular formula is C36H38O8S2. The van der Waals surface area contributed by atoms with Crippen LogP contribution in [0.3, 0.4) is 0 Å². The molecule has 10 heteroatoms. The van der Waals surface area contributed by atoms with Crippen molar-refractivity contribution < 1.29 is 38.1 Å². The van der Waals surface area contributed by atoms with Gasteiger partial charge in [0.1, 0.15) is 11.5 Å². The Morgan fingerprint density at radius 3 is 1.15 bits per heavy atom. The summed E-state index contributed by atoms with van der Waals surface area (Å²) in [4.78, 5) is 50.4. The first-order valence-electron chi connectivity index (χ1n) is 15.0. The minimum absolute atomic E-state index is 0.291. The molecule has 242 valence electrons. The molecule has 0 saturated carbocycles. The van der Waals surface area contributed by atoms with Crippen molar-refractivity contribution in [3.63, 3.8) is 0 Å². The van der Waals surface area contributed by atoms with Crippen molar-refractivity contribution in [2.45, 2.75) is 70.9 Å². The molecule has 3 aromatic rings. The van der Waals surface area contributed by atoms with Crippen LogP contribution in [0.2, 0.25) is 0 Å². The molecule has 0 saturated heterocycles. The van der Waals surface area contributed by atoms with E-state index in [9.17, 15) is 19.2 Å². The summed E-state index contributed by atoms with van der Waals surface area (Å²) in [7, 11) is 0. The number of hydrogen-bond acceptors (Lipinski definition) is 10. The van der Waals surface area contributed by atoms with Gasteiger partial charge in [-0.1, -0.05) is 36.7 Å². The Bertz CT molecular complexity index is 1320. The highest BCUT2D eigenvalue weighted by Gasteiger charge is 2.08. The van der Waals surface area contributed by atoms with Crippen molar-refractivity contribution in [1.82, 2.24) is 0 Å². The quantitative estimate of drug-likeness (QED) is 0.0507. The van der Waals surface area contributed by atoms with Gasteiger partial charge in [0.15, 0.2) is 0 Å². The number of rotatable bonds is 20. The van der Waals surface area contributed by atoms with Crippen molar-refractivity contribution in [3.05, 3.63) is 98.1 Å². The van der Waals surface area contributed by atoms with Crippen LogP contribution < -0.4 is 9.47 Å². The number of carbonyl (C=O) groups excluding carboxylic acids is 4. The van der Waals surface area contributed by atoms with E-state index in [4.69, 9.17) is 18.9 Å². The second kappa shape index (κ2) is 20.7.